The van der Waals surface area contributed by atoms with E-state index in [2.05, 4.69) is 11.4 Å². The predicted molar refractivity (Wildman–Crippen MR) is 125 cm³/mol. The van der Waals surface area contributed by atoms with E-state index in [1.54, 1.807) is 0 Å². The molecular weight excluding hydrogens is 402 g/mol. The number of fused-ring (bicyclic) bond motifs is 2. The third kappa shape index (κ3) is 4.95. The van der Waals surface area contributed by atoms with Gasteiger partial charge in [-0.15, -0.1) is 0 Å². The van der Waals surface area contributed by atoms with Gasteiger partial charge in [0.1, 0.15) is 6.61 Å². The third-order valence-electron chi connectivity index (χ3n) is 5.54. The van der Waals surface area contributed by atoms with Gasteiger partial charge in [0.15, 0.2) is 0 Å². The zero-order valence-electron chi connectivity index (χ0n) is 17.7. The molecule has 162 valence electrons. The number of hydrogen-bond donors (Lipinski definition) is 2. The van der Waals surface area contributed by atoms with Crippen molar-refractivity contribution in [3.8, 4) is 0 Å². The maximum atomic E-state index is 12.4. The lowest BCUT2D eigenvalue weighted by molar-refractivity contribution is -0.146. The number of rotatable bonds is 8. The van der Waals surface area contributed by atoms with Gasteiger partial charge in [-0.05, 0) is 33.2 Å². The second-order valence-corrected chi connectivity index (χ2v) is 7.67. The summed E-state index contributed by atoms with van der Waals surface area (Å²) in [7, 11) is 0. The summed E-state index contributed by atoms with van der Waals surface area (Å²) in [5.41, 5.74) is 1.77. The quantitative estimate of drug-likeness (QED) is 0.317. The molecule has 0 aliphatic rings. The van der Waals surface area contributed by atoms with Crippen molar-refractivity contribution in [1.29, 1.82) is 0 Å². The molecule has 0 spiro atoms. The average molecular weight is 428 g/mol. The highest BCUT2D eigenvalue weighted by molar-refractivity contribution is 6.02. The number of carbonyl (C=O) groups is 2. The topological polar surface area (TPSA) is 75.6 Å². The highest BCUT2D eigenvalue weighted by Gasteiger charge is 2.16. The number of esters is 1. The molecule has 0 radical (unpaired) electrons. The first kappa shape index (κ1) is 21.5. The number of aliphatic hydroxyl groups is 1. The molecule has 2 N–H and O–H groups in total. The molecule has 0 aliphatic carbocycles. The molecule has 0 heterocycles. The number of ether oxygens (including phenoxy) is 1. The number of benzene rings is 4. The van der Waals surface area contributed by atoms with Crippen LogP contribution in [0.2, 0.25) is 0 Å². The van der Waals surface area contributed by atoms with Crippen LogP contribution in [0.1, 0.15) is 30.0 Å². The Morgan fingerprint density at radius 3 is 2.03 bits per heavy atom. The summed E-state index contributed by atoms with van der Waals surface area (Å²) < 4.78 is 5.54. The van der Waals surface area contributed by atoms with Crippen LogP contribution in [0.3, 0.4) is 0 Å². The second kappa shape index (κ2) is 10.1. The van der Waals surface area contributed by atoms with E-state index in [1.807, 2.05) is 78.9 Å². The molecule has 0 saturated carbocycles. The van der Waals surface area contributed by atoms with Crippen LogP contribution in [0, 0.1) is 0 Å². The first-order chi connectivity index (χ1) is 15.7. The molecule has 1 atom stereocenters. The lowest BCUT2D eigenvalue weighted by Gasteiger charge is -2.16. The smallest absolute Gasteiger partial charge is 0.306 e. The molecular formula is C27H25NO4. The van der Waals surface area contributed by atoms with E-state index in [0.717, 1.165) is 32.7 Å². The van der Waals surface area contributed by atoms with Crippen LogP contribution in [-0.2, 0) is 20.9 Å². The monoisotopic (exact) mass is 427 g/mol. The van der Waals surface area contributed by atoms with Crippen molar-refractivity contribution in [2.24, 2.45) is 0 Å². The van der Waals surface area contributed by atoms with Crippen molar-refractivity contribution < 1.29 is 19.4 Å². The third-order valence-corrected chi connectivity index (χ3v) is 5.54. The van der Waals surface area contributed by atoms with Gasteiger partial charge >= 0.3 is 5.97 Å². The zero-order chi connectivity index (χ0) is 22.3. The summed E-state index contributed by atoms with van der Waals surface area (Å²) >= 11 is 0. The first-order valence-electron chi connectivity index (χ1n) is 10.7. The maximum absolute atomic E-state index is 12.4. The highest BCUT2D eigenvalue weighted by Crippen LogP contribution is 2.29. The fourth-order valence-electron chi connectivity index (χ4n) is 3.89. The molecule has 5 nitrogen and oxygen atoms in total. The van der Waals surface area contributed by atoms with E-state index in [9.17, 15) is 14.7 Å². The Kier molecular flexibility index (Phi) is 6.78. The van der Waals surface area contributed by atoms with Gasteiger partial charge in [-0.2, -0.15) is 0 Å². The van der Waals surface area contributed by atoms with E-state index in [1.165, 1.54) is 0 Å². The first-order valence-corrected chi connectivity index (χ1v) is 10.7. The van der Waals surface area contributed by atoms with Crippen molar-refractivity contribution >= 4 is 33.4 Å². The Hall–Kier alpha value is -3.70. The molecule has 0 bridgehead atoms. The van der Waals surface area contributed by atoms with E-state index in [4.69, 9.17) is 4.74 Å². The van der Waals surface area contributed by atoms with Crippen LogP contribution < -0.4 is 5.32 Å². The van der Waals surface area contributed by atoms with Gasteiger partial charge in [0.25, 0.3) is 0 Å². The predicted octanol–water partition coefficient (Wildman–Crippen LogP) is 4.67. The summed E-state index contributed by atoms with van der Waals surface area (Å²) in [5, 5.41) is 16.6. The number of hydrogen-bond acceptors (Lipinski definition) is 4. The molecule has 0 fully saturated rings. The van der Waals surface area contributed by atoms with Crippen LogP contribution in [0.25, 0.3) is 21.5 Å². The van der Waals surface area contributed by atoms with Gasteiger partial charge < -0.3 is 15.2 Å². The normalized spacial score (nSPS) is 11.9. The number of aliphatic hydroxyl groups excluding tert-OH is 1. The standard InChI is InChI=1S/C27H25NO4/c29-17-25(19-8-2-1-3-9-19)28-26(30)14-15-27(31)32-18-24-22-12-6-4-10-20(22)16-21-11-5-7-13-23(21)24/h1-13,16,25,29H,14-15,17-18H2,(H,28,30)/t25-/m0/s1. The molecule has 4 rings (SSSR count). The van der Waals surface area contributed by atoms with E-state index in [0.29, 0.717) is 0 Å². The molecule has 0 saturated heterocycles. The van der Waals surface area contributed by atoms with Gasteiger partial charge in [-0.25, -0.2) is 0 Å². The van der Waals surface area contributed by atoms with Crippen molar-refractivity contribution in [3.05, 3.63) is 96.1 Å². The summed E-state index contributed by atoms with van der Waals surface area (Å²) in [5.74, 6) is -0.738. The van der Waals surface area contributed by atoms with Gasteiger partial charge in [0.2, 0.25) is 5.91 Å². The second-order valence-electron chi connectivity index (χ2n) is 7.67. The Bertz CT molecular complexity index is 1180. The van der Waals surface area contributed by atoms with E-state index >= 15 is 0 Å². The molecule has 0 aliphatic heterocycles. The summed E-state index contributed by atoms with van der Waals surface area (Å²) in [4.78, 5) is 24.7. The molecule has 5 heteroatoms. The maximum Gasteiger partial charge on any atom is 0.306 e. The Morgan fingerprint density at radius 2 is 1.41 bits per heavy atom. The molecule has 4 aromatic rings. The van der Waals surface area contributed by atoms with Crippen LogP contribution in [0.5, 0.6) is 0 Å². The zero-order valence-corrected chi connectivity index (χ0v) is 17.7. The summed E-state index contributed by atoms with van der Waals surface area (Å²) in [6.07, 6.45) is -0.0279. The minimum atomic E-state index is -0.498. The van der Waals surface area contributed by atoms with Crippen LogP contribution in [0.15, 0.2) is 84.9 Å². The van der Waals surface area contributed by atoms with E-state index in [-0.39, 0.29) is 32.0 Å². The minimum Gasteiger partial charge on any atom is -0.461 e. The fourth-order valence-corrected chi connectivity index (χ4v) is 3.89. The van der Waals surface area contributed by atoms with Gasteiger partial charge in [-0.1, -0.05) is 78.9 Å². The fraction of sp³-hybridized carbons (Fsp3) is 0.185. The Labute approximate surface area is 186 Å². The van der Waals surface area contributed by atoms with Gasteiger partial charge in [0.05, 0.1) is 19.1 Å². The molecule has 4 aromatic carbocycles. The molecule has 1 amide bonds. The van der Waals surface area contributed by atoms with Gasteiger partial charge in [-0.3, -0.25) is 9.59 Å². The number of nitrogens with one attached hydrogen (secondary N) is 1. The Balaban J connectivity index is 1.38. The summed E-state index contributed by atoms with van der Waals surface area (Å²) in [6, 6.07) is 26.9. The number of carbonyl (C=O) groups excluding carboxylic acids is 2. The molecule has 0 unspecified atom stereocenters. The van der Waals surface area contributed by atoms with Crippen LogP contribution in [-0.4, -0.2) is 23.6 Å². The van der Waals surface area contributed by atoms with Crippen molar-refractivity contribution in [1.82, 2.24) is 5.32 Å². The minimum absolute atomic E-state index is 0.00154. The highest BCUT2D eigenvalue weighted by atomic mass is 16.5. The van der Waals surface area contributed by atoms with Crippen molar-refractivity contribution in [3.63, 3.8) is 0 Å². The molecule has 32 heavy (non-hydrogen) atoms. The lowest BCUT2D eigenvalue weighted by atomic mass is 9.97. The average Bonchev–Trinajstić information content (AvgIpc) is 2.84. The summed E-state index contributed by atoms with van der Waals surface area (Å²) in [6.45, 7) is -0.0695. The Morgan fingerprint density at radius 1 is 0.812 bits per heavy atom. The van der Waals surface area contributed by atoms with Crippen molar-refractivity contribution in [2.45, 2.75) is 25.5 Å². The van der Waals surface area contributed by atoms with Crippen LogP contribution in [0.4, 0.5) is 0 Å². The lowest BCUT2D eigenvalue weighted by Crippen LogP contribution is -2.31. The largest absolute Gasteiger partial charge is 0.461 e. The van der Waals surface area contributed by atoms with Gasteiger partial charge in [0, 0.05) is 12.0 Å². The molecule has 0 aromatic heterocycles. The van der Waals surface area contributed by atoms with Crippen molar-refractivity contribution in [2.75, 3.05) is 6.61 Å². The van der Waals surface area contributed by atoms with Crippen LogP contribution >= 0.6 is 0 Å². The number of amides is 1. The SMILES string of the molecule is O=C(CCC(=O)OCc1c2ccccc2cc2ccccc12)N[C@@H](CO)c1ccccc1. The van der Waals surface area contributed by atoms with E-state index < -0.39 is 12.0 Å².